The lowest BCUT2D eigenvalue weighted by Gasteiger charge is -2.44. The quantitative estimate of drug-likeness (QED) is 0.539. The van der Waals surface area contributed by atoms with Gasteiger partial charge in [-0.15, -0.1) is 0 Å². The number of benzene rings is 1. The molecule has 0 saturated carbocycles. The number of esters is 1. The van der Waals surface area contributed by atoms with Crippen LogP contribution in [0.1, 0.15) is 50.5 Å². The Hall–Kier alpha value is -2.61. The Labute approximate surface area is 203 Å². The summed E-state index contributed by atoms with van der Waals surface area (Å²) in [7, 11) is 5.43. The van der Waals surface area contributed by atoms with Crippen LogP contribution in [0.25, 0.3) is 0 Å². The summed E-state index contributed by atoms with van der Waals surface area (Å²) in [6.07, 6.45) is 5.34. The fourth-order valence-corrected chi connectivity index (χ4v) is 5.14. The Morgan fingerprint density at radius 2 is 1.74 bits per heavy atom. The summed E-state index contributed by atoms with van der Waals surface area (Å²) in [4.78, 5) is 45.0. The number of ether oxygens (including phenoxy) is 2. The number of rotatable bonds is 8. The second kappa shape index (κ2) is 12.7. The van der Waals surface area contributed by atoms with Crippen molar-refractivity contribution >= 4 is 18.0 Å². The third-order valence-corrected chi connectivity index (χ3v) is 6.89. The van der Waals surface area contributed by atoms with E-state index in [0.29, 0.717) is 19.5 Å². The second-order valence-electron chi connectivity index (χ2n) is 9.59. The van der Waals surface area contributed by atoms with E-state index in [4.69, 9.17) is 9.47 Å². The van der Waals surface area contributed by atoms with Gasteiger partial charge in [-0.1, -0.05) is 30.3 Å². The highest BCUT2D eigenvalue weighted by Gasteiger charge is 2.44. The first-order valence-corrected chi connectivity index (χ1v) is 12.4. The van der Waals surface area contributed by atoms with E-state index in [-0.39, 0.29) is 24.4 Å². The van der Waals surface area contributed by atoms with Crippen LogP contribution in [-0.4, -0.2) is 85.6 Å². The molecule has 2 saturated heterocycles. The number of nitrogens with zero attached hydrogens (tertiary/aromatic N) is 3. The molecule has 0 unspecified atom stereocenters. The maximum Gasteiger partial charge on any atom is 0.410 e. The molecule has 1 aromatic carbocycles. The van der Waals surface area contributed by atoms with E-state index in [0.717, 1.165) is 50.6 Å². The number of carbonyl (C=O) groups excluding carboxylic acids is 3. The van der Waals surface area contributed by atoms with E-state index in [9.17, 15) is 14.4 Å². The summed E-state index contributed by atoms with van der Waals surface area (Å²) in [6, 6.07) is 8.33. The minimum Gasteiger partial charge on any atom is -0.467 e. The largest absolute Gasteiger partial charge is 0.467 e. The minimum absolute atomic E-state index is 0.0331. The van der Waals surface area contributed by atoms with Gasteiger partial charge in [0.2, 0.25) is 5.91 Å². The first kappa shape index (κ1) is 26.0. The van der Waals surface area contributed by atoms with E-state index >= 15 is 0 Å². The highest BCUT2D eigenvalue weighted by molar-refractivity contribution is 5.90. The summed E-state index contributed by atoms with van der Waals surface area (Å²) in [5.74, 6) is -0.502. The Morgan fingerprint density at radius 1 is 1.00 bits per heavy atom. The summed E-state index contributed by atoms with van der Waals surface area (Å²) < 4.78 is 10.6. The molecule has 1 aromatic rings. The maximum atomic E-state index is 13.9. The van der Waals surface area contributed by atoms with Crippen molar-refractivity contribution in [1.29, 1.82) is 0 Å². The molecule has 2 aliphatic heterocycles. The third-order valence-electron chi connectivity index (χ3n) is 6.89. The number of likely N-dealkylation sites (tertiary alicyclic amines) is 2. The van der Waals surface area contributed by atoms with Crippen molar-refractivity contribution in [3.8, 4) is 0 Å². The first-order valence-electron chi connectivity index (χ1n) is 12.4. The molecule has 8 nitrogen and oxygen atoms in total. The molecule has 0 aliphatic carbocycles. The van der Waals surface area contributed by atoms with Crippen LogP contribution in [0.2, 0.25) is 0 Å². The molecule has 0 radical (unpaired) electrons. The number of methoxy groups -OCH3 is 1. The molecule has 34 heavy (non-hydrogen) atoms. The van der Waals surface area contributed by atoms with Crippen LogP contribution in [0.5, 0.6) is 0 Å². The molecule has 3 atom stereocenters. The second-order valence-corrected chi connectivity index (χ2v) is 9.59. The molecule has 2 amide bonds. The van der Waals surface area contributed by atoms with Crippen molar-refractivity contribution in [2.75, 3.05) is 40.8 Å². The van der Waals surface area contributed by atoms with Gasteiger partial charge in [0.15, 0.2) is 0 Å². The topological polar surface area (TPSA) is 79.4 Å². The predicted octanol–water partition coefficient (Wildman–Crippen LogP) is 3.30. The molecule has 188 valence electrons. The fourth-order valence-electron chi connectivity index (χ4n) is 5.14. The van der Waals surface area contributed by atoms with Gasteiger partial charge < -0.3 is 19.3 Å². The molecule has 2 aliphatic rings. The van der Waals surface area contributed by atoms with Crippen LogP contribution in [0, 0.1) is 5.92 Å². The average molecular weight is 474 g/mol. The van der Waals surface area contributed by atoms with E-state index in [1.807, 2.05) is 44.4 Å². The SMILES string of the molecule is COC(=O)[C@@H]1CCCCN1C(=O)[C@H]1[C@@H](CCCN(C)C)CCCN1C(=O)OCc1ccccc1. The summed E-state index contributed by atoms with van der Waals surface area (Å²) in [5, 5.41) is 0. The van der Waals surface area contributed by atoms with Gasteiger partial charge in [-0.05, 0) is 77.1 Å². The van der Waals surface area contributed by atoms with Crippen LogP contribution in [-0.2, 0) is 25.7 Å². The Morgan fingerprint density at radius 3 is 2.44 bits per heavy atom. The summed E-state index contributed by atoms with van der Waals surface area (Å²) in [6.45, 7) is 2.07. The molecule has 3 rings (SSSR count). The van der Waals surface area contributed by atoms with Gasteiger partial charge in [0.05, 0.1) is 7.11 Å². The van der Waals surface area contributed by atoms with Gasteiger partial charge in [0.1, 0.15) is 18.7 Å². The number of carbonyl (C=O) groups is 3. The van der Waals surface area contributed by atoms with Gasteiger partial charge in [0.25, 0.3) is 0 Å². The number of amides is 2. The van der Waals surface area contributed by atoms with Crippen LogP contribution in [0.4, 0.5) is 4.79 Å². The van der Waals surface area contributed by atoms with Gasteiger partial charge in [-0.25, -0.2) is 9.59 Å². The molecule has 2 fully saturated rings. The minimum atomic E-state index is -0.621. The van der Waals surface area contributed by atoms with Crippen molar-refractivity contribution in [3.05, 3.63) is 35.9 Å². The third kappa shape index (κ3) is 6.72. The van der Waals surface area contributed by atoms with E-state index in [1.165, 1.54) is 7.11 Å². The molecule has 0 N–H and O–H groups in total. The zero-order valence-corrected chi connectivity index (χ0v) is 20.8. The van der Waals surface area contributed by atoms with Gasteiger partial charge >= 0.3 is 12.1 Å². The molecule has 2 heterocycles. The molecule has 0 aromatic heterocycles. The number of hydrogen-bond donors (Lipinski definition) is 0. The smallest absolute Gasteiger partial charge is 0.410 e. The highest BCUT2D eigenvalue weighted by atomic mass is 16.6. The van der Waals surface area contributed by atoms with Crippen molar-refractivity contribution in [1.82, 2.24) is 14.7 Å². The van der Waals surface area contributed by atoms with Gasteiger partial charge in [0, 0.05) is 13.1 Å². The predicted molar refractivity (Wildman–Crippen MR) is 129 cm³/mol. The van der Waals surface area contributed by atoms with Crippen molar-refractivity contribution in [2.45, 2.75) is 63.6 Å². The zero-order chi connectivity index (χ0) is 24.5. The average Bonchev–Trinajstić information content (AvgIpc) is 2.86. The molecular weight excluding hydrogens is 434 g/mol. The lowest BCUT2D eigenvalue weighted by molar-refractivity contribution is -0.158. The number of piperidine rings is 2. The lowest BCUT2D eigenvalue weighted by atomic mass is 9.84. The zero-order valence-electron chi connectivity index (χ0n) is 20.8. The Balaban J connectivity index is 1.80. The van der Waals surface area contributed by atoms with E-state index in [2.05, 4.69) is 4.90 Å². The van der Waals surface area contributed by atoms with Crippen LogP contribution >= 0.6 is 0 Å². The van der Waals surface area contributed by atoms with Crippen molar-refractivity contribution < 1.29 is 23.9 Å². The van der Waals surface area contributed by atoms with Crippen molar-refractivity contribution in [2.24, 2.45) is 5.92 Å². The first-order chi connectivity index (χ1) is 16.4. The van der Waals surface area contributed by atoms with Crippen molar-refractivity contribution in [3.63, 3.8) is 0 Å². The monoisotopic (exact) mass is 473 g/mol. The van der Waals surface area contributed by atoms with E-state index < -0.39 is 18.2 Å². The fraction of sp³-hybridized carbons (Fsp3) is 0.654. The summed E-state index contributed by atoms with van der Waals surface area (Å²) in [5.41, 5.74) is 0.903. The normalized spacial score (nSPS) is 23.0. The molecule has 0 spiro atoms. The standard InChI is InChI=1S/C26H39N3O5/c1-27(2)16-9-13-21-14-10-18-29(26(32)34-19-20-11-5-4-6-12-20)23(21)24(30)28-17-8-7-15-22(28)25(31)33-3/h4-6,11-12,21-23H,7-10,13-19H2,1-3H3/t21-,22-,23+/m0/s1. The van der Waals surface area contributed by atoms with Gasteiger partial charge in [-0.2, -0.15) is 0 Å². The molecular formula is C26H39N3O5. The Kier molecular flexibility index (Phi) is 9.74. The Bertz CT molecular complexity index is 816. The lowest BCUT2D eigenvalue weighted by Crippen LogP contribution is -2.60. The van der Waals surface area contributed by atoms with E-state index in [1.54, 1.807) is 9.80 Å². The highest BCUT2D eigenvalue weighted by Crippen LogP contribution is 2.32. The number of hydrogen-bond acceptors (Lipinski definition) is 6. The van der Waals surface area contributed by atoms with Crippen LogP contribution in [0.15, 0.2) is 30.3 Å². The summed E-state index contributed by atoms with van der Waals surface area (Å²) >= 11 is 0. The molecule has 8 heteroatoms. The van der Waals surface area contributed by atoms with Gasteiger partial charge in [-0.3, -0.25) is 9.69 Å². The maximum absolute atomic E-state index is 13.9. The van der Waals surface area contributed by atoms with Crippen LogP contribution < -0.4 is 0 Å². The molecule has 0 bridgehead atoms. The van der Waals surface area contributed by atoms with Crippen LogP contribution in [0.3, 0.4) is 0 Å².